The molecule has 0 bridgehead atoms. The molecule has 1 N–H and O–H groups in total. The van der Waals surface area contributed by atoms with Gasteiger partial charge in [-0.05, 0) is 32.0 Å². The Morgan fingerprint density at radius 2 is 2.17 bits per heavy atom. The number of rotatable bonds is 8. The lowest BCUT2D eigenvalue weighted by molar-refractivity contribution is -0.385. The number of benzene rings is 1. The molecule has 18 heavy (non-hydrogen) atoms. The lowest BCUT2D eigenvalue weighted by atomic mass is 10.3. The summed E-state index contributed by atoms with van der Waals surface area (Å²) < 4.78 is 6.13. The van der Waals surface area contributed by atoms with Crippen molar-refractivity contribution in [2.75, 3.05) is 19.7 Å². The van der Waals surface area contributed by atoms with Gasteiger partial charge in [0.1, 0.15) is 5.75 Å². The number of halogens is 1. The smallest absolute Gasteiger partial charge is 0.274 e. The van der Waals surface area contributed by atoms with Crippen LogP contribution in [0.4, 0.5) is 5.69 Å². The van der Waals surface area contributed by atoms with Gasteiger partial charge in [-0.25, -0.2) is 0 Å². The van der Waals surface area contributed by atoms with Crippen LogP contribution in [0.15, 0.2) is 22.7 Å². The first-order valence-electron chi connectivity index (χ1n) is 5.92. The summed E-state index contributed by atoms with van der Waals surface area (Å²) in [6, 6.07) is 4.62. The Morgan fingerprint density at radius 1 is 1.39 bits per heavy atom. The highest BCUT2D eigenvalue weighted by Crippen LogP contribution is 2.26. The summed E-state index contributed by atoms with van der Waals surface area (Å²) in [5.41, 5.74) is 0.0310. The zero-order chi connectivity index (χ0) is 13.4. The molecule has 100 valence electrons. The van der Waals surface area contributed by atoms with Gasteiger partial charge < -0.3 is 10.1 Å². The maximum atomic E-state index is 10.7. The monoisotopic (exact) mass is 316 g/mol. The minimum absolute atomic E-state index is 0.0310. The lowest BCUT2D eigenvalue weighted by Gasteiger charge is -2.07. The fourth-order valence-corrected chi connectivity index (χ4v) is 1.89. The van der Waals surface area contributed by atoms with Crippen molar-refractivity contribution in [3.05, 3.63) is 32.8 Å². The van der Waals surface area contributed by atoms with Crippen molar-refractivity contribution < 1.29 is 9.66 Å². The Labute approximate surface area is 115 Å². The fraction of sp³-hybridized carbons (Fsp3) is 0.500. The highest BCUT2D eigenvalue weighted by Gasteiger charge is 2.09. The highest BCUT2D eigenvalue weighted by atomic mass is 79.9. The van der Waals surface area contributed by atoms with E-state index in [-0.39, 0.29) is 5.69 Å². The Bertz CT molecular complexity index is 399. The SMILES string of the molecule is CCCNCCCOc1cc(Br)cc([N+](=O)[O-])c1. The van der Waals surface area contributed by atoms with Crippen molar-refractivity contribution in [2.24, 2.45) is 0 Å². The van der Waals surface area contributed by atoms with Crippen LogP contribution in [0.1, 0.15) is 19.8 Å². The van der Waals surface area contributed by atoms with E-state index in [0.29, 0.717) is 16.8 Å². The van der Waals surface area contributed by atoms with Crippen molar-refractivity contribution in [3.8, 4) is 5.75 Å². The summed E-state index contributed by atoms with van der Waals surface area (Å²) in [6.07, 6.45) is 1.99. The summed E-state index contributed by atoms with van der Waals surface area (Å²) in [4.78, 5) is 10.2. The molecule has 0 radical (unpaired) electrons. The van der Waals surface area contributed by atoms with Crippen LogP contribution >= 0.6 is 15.9 Å². The second-order valence-electron chi connectivity index (χ2n) is 3.85. The molecule has 0 unspecified atom stereocenters. The van der Waals surface area contributed by atoms with Crippen molar-refractivity contribution in [2.45, 2.75) is 19.8 Å². The molecule has 0 atom stereocenters. The largest absolute Gasteiger partial charge is 0.493 e. The Balaban J connectivity index is 2.40. The molecule has 1 aromatic carbocycles. The third-order valence-electron chi connectivity index (χ3n) is 2.26. The van der Waals surface area contributed by atoms with Crippen LogP contribution < -0.4 is 10.1 Å². The van der Waals surface area contributed by atoms with Gasteiger partial charge in [0, 0.05) is 10.5 Å². The molecule has 0 fully saturated rings. The van der Waals surface area contributed by atoms with Gasteiger partial charge in [-0.15, -0.1) is 0 Å². The zero-order valence-corrected chi connectivity index (χ0v) is 11.9. The van der Waals surface area contributed by atoms with E-state index in [0.717, 1.165) is 25.9 Å². The molecule has 0 heterocycles. The van der Waals surface area contributed by atoms with Crippen LogP contribution in [-0.4, -0.2) is 24.6 Å². The highest BCUT2D eigenvalue weighted by molar-refractivity contribution is 9.10. The molecule has 1 aromatic rings. The van der Waals surface area contributed by atoms with E-state index in [1.54, 1.807) is 6.07 Å². The molecule has 0 aliphatic carbocycles. The van der Waals surface area contributed by atoms with Gasteiger partial charge in [-0.1, -0.05) is 22.9 Å². The second-order valence-corrected chi connectivity index (χ2v) is 4.77. The van der Waals surface area contributed by atoms with E-state index in [2.05, 4.69) is 28.2 Å². The van der Waals surface area contributed by atoms with Gasteiger partial charge in [0.25, 0.3) is 5.69 Å². The molecule has 0 aliphatic heterocycles. The van der Waals surface area contributed by atoms with Gasteiger partial charge in [0.15, 0.2) is 0 Å². The number of hydrogen-bond donors (Lipinski definition) is 1. The summed E-state index contributed by atoms with van der Waals surface area (Å²) in [6.45, 7) is 4.56. The van der Waals surface area contributed by atoms with Gasteiger partial charge in [0.2, 0.25) is 0 Å². The zero-order valence-electron chi connectivity index (χ0n) is 10.3. The number of nitrogens with zero attached hydrogens (tertiary/aromatic N) is 1. The summed E-state index contributed by atoms with van der Waals surface area (Å²) in [5, 5.41) is 13.9. The van der Waals surface area contributed by atoms with E-state index in [1.807, 2.05) is 0 Å². The van der Waals surface area contributed by atoms with Crippen LogP contribution in [0, 0.1) is 10.1 Å². The van der Waals surface area contributed by atoms with E-state index < -0.39 is 4.92 Å². The standard InChI is InChI=1S/C12H17BrN2O3/c1-2-4-14-5-3-6-18-12-8-10(13)7-11(9-12)15(16)17/h7-9,14H,2-6H2,1H3. The number of non-ortho nitro benzene ring substituents is 1. The van der Waals surface area contributed by atoms with Gasteiger partial charge >= 0.3 is 0 Å². The average molecular weight is 317 g/mol. The molecule has 5 nitrogen and oxygen atoms in total. The third kappa shape index (κ3) is 5.46. The van der Waals surface area contributed by atoms with E-state index in [4.69, 9.17) is 4.74 Å². The minimum atomic E-state index is -0.430. The molecule has 1 rings (SSSR count). The van der Waals surface area contributed by atoms with E-state index in [1.165, 1.54) is 12.1 Å². The van der Waals surface area contributed by atoms with Crippen molar-refractivity contribution in [3.63, 3.8) is 0 Å². The average Bonchev–Trinajstić information content (AvgIpc) is 2.33. The normalized spacial score (nSPS) is 10.3. The summed E-state index contributed by atoms with van der Waals surface area (Å²) >= 11 is 3.23. The number of hydrogen-bond acceptors (Lipinski definition) is 4. The van der Waals surface area contributed by atoms with Crippen LogP contribution in [0.5, 0.6) is 5.75 Å². The van der Waals surface area contributed by atoms with Crippen LogP contribution in [0.2, 0.25) is 0 Å². The molecule has 0 saturated carbocycles. The number of ether oxygens (including phenoxy) is 1. The summed E-state index contributed by atoms with van der Waals surface area (Å²) in [7, 11) is 0. The molecule has 6 heteroatoms. The van der Waals surface area contributed by atoms with E-state index >= 15 is 0 Å². The first kappa shape index (κ1) is 14.9. The molecule has 0 aliphatic rings. The molecule has 0 saturated heterocycles. The third-order valence-corrected chi connectivity index (χ3v) is 2.72. The molecule has 0 aromatic heterocycles. The van der Waals surface area contributed by atoms with Gasteiger partial charge in [0.05, 0.1) is 17.6 Å². The molecule has 0 spiro atoms. The number of nitro benzene ring substituents is 1. The van der Waals surface area contributed by atoms with Gasteiger partial charge in [-0.2, -0.15) is 0 Å². The van der Waals surface area contributed by atoms with Crippen LogP contribution in [0.3, 0.4) is 0 Å². The van der Waals surface area contributed by atoms with Gasteiger partial charge in [-0.3, -0.25) is 10.1 Å². The predicted molar refractivity (Wildman–Crippen MR) is 74.1 cm³/mol. The maximum absolute atomic E-state index is 10.7. The minimum Gasteiger partial charge on any atom is -0.493 e. The lowest BCUT2D eigenvalue weighted by Crippen LogP contribution is -2.18. The number of nitro groups is 1. The second kappa shape index (κ2) is 8.05. The molecule has 0 amide bonds. The molecular weight excluding hydrogens is 300 g/mol. The van der Waals surface area contributed by atoms with Crippen LogP contribution in [-0.2, 0) is 0 Å². The van der Waals surface area contributed by atoms with Crippen molar-refractivity contribution in [1.82, 2.24) is 5.32 Å². The number of nitrogens with one attached hydrogen (secondary N) is 1. The first-order valence-corrected chi connectivity index (χ1v) is 6.71. The maximum Gasteiger partial charge on any atom is 0.274 e. The first-order chi connectivity index (χ1) is 8.63. The Hall–Kier alpha value is -1.14. The Kier molecular flexibility index (Phi) is 6.67. The predicted octanol–water partition coefficient (Wildman–Crippen LogP) is 3.13. The summed E-state index contributed by atoms with van der Waals surface area (Å²) in [5.74, 6) is 0.520. The van der Waals surface area contributed by atoms with Crippen LogP contribution in [0.25, 0.3) is 0 Å². The quantitative estimate of drug-likeness (QED) is 0.454. The Morgan fingerprint density at radius 3 is 2.83 bits per heavy atom. The van der Waals surface area contributed by atoms with Crippen molar-refractivity contribution >= 4 is 21.6 Å². The molecular formula is C12H17BrN2O3. The fourth-order valence-electron chi connectivity index (χ4n) is 1.43. The topological polar surface area (TPSA) is 64.4 Å². The van der Waals surface area contributed by atoms with Crippen molar-refractivity contribution in [1.29, 1.82) is 0 Å². The van der Waals surface area contributed by atoms with E-state index in [9.17, 15) is 10.1 Å².